The number of likely N-dealkylation sites (tertiary alicyclic amines) is 1. The quantitative estimate of drug-likeness (QED) is 0.865. The van der Waals surface area contributed by atoms with E-state index in [1.54, 1.807) is 0 Å². The van der Waals surface area contributed by atoms with Gasteiger partial charge in [0.1, 0.15) is 5.60 Å². The number of rotatable bonds is 3. The van der Waals surface area contributed by atoms with E-state index in [4.69, 9.17) is 9.15 Å². The number of thiophene rings is 1. The lowest BCUT2D eigenvalue weighted by Gasteiger charge is -2.43. The van der Waals surface area contributed by atoms with Gasteiger partial charge in [0.15, 0.2) is 0 Å². The van der Waals surface area contributed by atoms with Crippen molar-refractivity contribution < 1.29 is 9.15 Å². The van der Waals surface area contributed by atoms with E-state index in [0.29, 0.717) is 5.92 Å². The minimum Gasteiger partial charge on any atom is -0.424 e. The number of nitrogens with zero attached hydrogens (tertiary/aromatic N) is 3. The van der Waals surface area contributed by atoms with Crippen molar-refractivity contribution in [2.24, 2.45) is 0 Å². The van der Waals surface area contributed by atoms with E-state index in [1.165, 1.54) is 23.3 Å². The molecule has 3 aliphatic rings. The Morgan fingerprint density at radius 1 is 1.26 bits per heavy atom. The average molecular weight is 331 g/mol. The summed E-state index contributed by atoms with van der Waals surface area (Å²) in [6.07, 6.45) is 5.59. The van der Waals surface area contributed by atoms with Crippen LogP contribution in [0.25, 0.3) is 0 Å². The van der Waals surface area contributed by atoms with Crippen LogP contribution in [0.3, 0.4) is 0 Å². The Kier molecular flexibility index (Phi) is 3.32. The lowest BCUT2D eigenvalue weighted by atomic mass is 9.85. The maximum atomic E-state index is 6.27. The Labute approximate surface area is 139 Å². The van der Waals surface area contributed by atoms with Gasteiger partial charge in [0.25, 0.3) is 0 Å². The van der Waals surface area contributed by atoms with Gasteiger partial charge in [0.05, 0.1) is 13.2 Å². The number of aromatic nitrogens is 2. The third-order valence-electron chi connectivity index (χ3n) is 5.34. The molecule has 0 bridgehead atoms. The van der Waals surface area contributed by atoms with Gasteiger partial charge in [0, 0.05) is 23.9 Å². The highest BCUT2D eigenvalue weighted by Crippen LogP contribution is 2.44. The molecule has 1 saturated carbocycles. The molecule has 1 spiro atoms. The first kappa shape index (κ1) is 14.1. The molecule has 4 heterocycles. The summed E-state index contributed by atoms with van der Waals surface area (Å²) in [6, 6.07) is 2.27. The van der Waals surface area contributed by atoms with Crippen LogP contribution in [0.1, 0.15) is 53.8 Å². The van der Waals surface area contributed by atoms with Gasteiger partial charge >= 0.3 is 0 Å². The van der Waals surface area contributed by atoms with Gasteiger partial charge in [0.2, 0.25) is 11.8 Å². The number of hydrogen-bond acceptors (Lipinski definition) is 6. The Hall–Kier alpha value is -1.24. The lowest BCUT2D eigenvalue weighted by molar-refractivity contribution is -0.0967. The highest BCUT2D eigenvalue weighted by Gasteiger charge is 2.42. The Morgan fingerprint density at radius 2 is 2.13 bits per heavy atom. The van der Waals surface area contributed by atoms with E-state index >= 15 is 0 Å². The smallest absolute Gasteiger partial charge is 0.230 e. The van der Waals surface area contributed by atoms with Gasteiger partial charge in [-0.25, -0.2) is 0 Å². The van der Waals surface area contributed by atoms with Gasteiger partial charge < -0.3 is 9.15 Å². The summed E-state index contributed by atoms with van der Waals surface area (Å²) in [4.78, 5) is 3.89. The largest absolute Gasteiger partial charge is 0.424 e. The molecule has 0 radical (unpaired) electrons. The number of fused-ring (bicyclic) bond motifs is 2. The molecule has 122 valence electrons. The molecule has 5 nitrogen and oxygen atoms in total. The average Bonchev–Trinajstić information content (AvgIpc) is 3.12. The second kappa shape index (κ2) is 5.40. The molecule has 6 heteroatoms. The Bertz CT molecular complexity index is 698. The molecule has 0 unspecified atom stereocenters. The standard InChI is InChI=1S/C17H21N3O2S/c1-2-13(1)16-19-18-14(22-16)11-20-7-5-17(6-8-20)15-12(3-9-21-17)4-10-23-15/h4,10,13H,1-3,5-9,11H2. The molecule has 0 atom stereocenters. The second-order valence-electron chi connectivity index (χ2n) is 6.95. The number of hydrogen-bond donors (Lipinski definition) is 0. The van der Waals surface area contributed by atoms with Gasteiger partial charge in [-0.05, 0) is 49.1 Å². The first-order valence-electron chi connectivity index (χ1n) is 8.58. The Balaban J connectivity index is 1.26. The summed E-state index contributed by atoms with van der Waals surface area (Å²) in [5, 5.41) is 10.6. The molecule has 23 heavy (non-hydrogen) atoms. The summed E-state index contributed by atoms with van der Waals surface area (Å²) in [5.41, 5.74) is 1.47. The van der Waals surface area contributed by atoms with E-state index in [2.05, 4.69) is 26.5 Å². The topological polar surface area (TPSA) is 51.4 Å². The molecular weight excluding hydrogens is 310 g/mol. The molecule has 5 rings (SSSR count). The molecule has 1 saturated heterocycles. The monoisotopic (exact) mass is 331 g/mol. The molecule has 2 fully saturated rings. The molecule has 2 aromatic rings. The van der Waals surface area contributed by atoms with Gasteiger partial charge in [-0.15, -0.1) is 21.5 Å². The van der Waals surface area contributed by atoms with E-state index in [1.807, 2.05) is 11.3 Å². The first-order chi connectivity index (χ1) is 11.3. The van der Waals surface area contributed by atoms with Crippen molar-refractivity contribution >= 4 is 11.3 Å². The zero-order valence-electron chi connectivity index (χ0n) is 13.2. The van der Waals surface area contributed by atoms with Crippen LogP contribution in [0.4, 0.5) is 0 Å². The van der Waals surface area contributed by atoms with Gasteiger partial charge in [-0.3, -0.25) is 4.90 Å². The molecule has 0 amide bonds. The van der Waals surface area contributed by atoms with Crippen molar-refractivity contribution in [1.29, 1.82) is 0 Å². The fraction of sp³-hybridized carbons (Fsp3) is 0.647. The molecule has 0 N–H and O–H groups in total. The molecule has 2 aromatic heterocycles. The van der Waals surface area contributed by atoms with Crippen molar-refractivity contribution in [3.63, 3.8) is 0 Å². The number of ether oxygens (including phenoxy) is 1. The van der Waals surface area contributed by atoms with E-state index < -0.39 is 0 Å². The molecule has 0 aromatic carbocycles. The molecular formula is C17H21N3O2S. The fourth-order valence-electron chi connectivity index (χ4n) is 3.82. The summed E-state index contributed by atoms with van der Waals surface area (Å²) < 4.78 is 12.1. The van der Waals surface area contributed by atoms with Crippen LogP contribution in [0, 0.1) is 0 Å². The van der Waals surface area contributed by atoms with Crippen LogP contribution in [0.15, 0.2) is 15.9 Å². The molecule has 2 aliphatic heterocycles. The predicted octanol–water partition coefficient (Wildman–Crippen LogP) is 3.07. The summed E-state index contributed by atoms with van der Waals surface area (Å²) in [6.45, 7) is 3.68. The molecule has 1 aliphatic carbocycles. The zero-order chi connectivity index (χ0) is 15.3. The minimum atomic E-state index is -0.0355. The summed E-state index contributed by atoms with van der Waals surface area (Å²) in [5.74, 6) is 2.14. The SMILES string of the molecule is c1cc2c(s1)C1(CCN(Cc3nnc(C4CC4)o3)CC1)OCC2. The van der Waals surface area contributed by atoms with Crippen LogP contribution in [-0.4, -0.2) is 34.8 Å². The maximum Gasteiger partial charge on any atom is 0.230 e. The van der Waals surface area contributed by atoms with E-state index in [-0.39, 0.29) is 5.60 Å². The van der Waals surface area contributed by atoms with Crippen molar-refractivity contribution in [3.05, 3.63) is 33.7 Å². The van der Waals surface area contributed by atoms with E-state index in [0.717, 1.165) is 57.3 Å². The normalized spacial score (nSPS) is 24.0. The zero-order valence-corrected chi connectivity index (χ0v) is 14.0. The third-order valence-corrected chi connectivity index (χ3v) is 6.48. The van der Waals surface area contributed by atoms with Crippen LogP contribution in [0.2, 0.25) is 0 Å². The second-order valence-corrected chi connectivity index (χ2v) is 7.87. The fourth-order valence-corrected chi connectivity index (χ4v) is 4.98. The van der Waals surface area contributed by atoms with Crippen molar-refractivity contribution in [2.75, 3.05) is 19.7 Å². The van der Waals surface area contributed by atoms with Crippen LogP contribution < -0.4 is 0 Å². The first-order valence-corrected chi connectivity index (χ1v) is 9.46. The minimum absolute atomic E-state index is 0.0355. The van der Waals surface area contributed by atoms with Crippen molar-refractivity contribution in [1.82, 2.24) is 15.1 Å². The lowest BCUT2D eigenvalue weighted by Crippen LogP contribution is -2.45. The van der Waals surface area contributed by atoms with Crippen LogP contribution >= 0.6 is 11.3 Å². The van der Waals surface area contributed by atoms with Gasteiger partial charge in [-0.1, -0.05) is 0 Å². The summed E-state index contributed by atoms with van der Waals surface area (Å²) in [7, 11) is 0. The van der Waals surface area contributed by atoms with Crippen LogP contribution in [0.5, 0.6) is 0 Å². The predicted molar refractivity (Wildman–Crippen MR) is 86.4 cm³/mol. The van der Waals surface area contributed by atoms with E-state index in [9.17, 15) is 0 Å². The van der Waals surface area contributed by atoms with Gasteiger partial charge in [-0.2, -0.15) is 0 Å². The number of piperidine rings is 1. The summed E-state index contributed by atoms with van der Waals surface area (Å²) >= 11 is 1.87. The Morgan fingerprint density at radius 3 is 2.96 bits per heavy atom. The van der Waals surface area contributed by atoms with Crippen molar-refractivity contribution in [2.45, 2.75) is 50.2 Å². The highest BCUT2D eigenvalue weighted by atomic mass is 32.1. The maximum absolute atomic E-state index is 6.27. The van der Waals surface area contributed by atoms with Crippen LogP contribution in [-0.2, 0) is 23.3 Å². The third kappa shape index (κ3) is 2.53. The van der Waals surface area contributed by atoms with Crippen molar-refractivity contribution in [3.8, 4) is 0 Å². The highest BCUT2D eigenvalue weighted by molar-refractivity contribution is 7.10.